The molecule has 2 rings (SSSR count). The number of benzene rings is 1. The fourth-order valence-corrected chi connectivity index (χ4v) is 3.64. The minimum absolute atomic E-state index is 0.260. The van der Waals surface area contributed by atoms with Crippen molar-refractivity contribution >= 4 is 27.5 Å². The van der Waals surface area contributed by atoms with Crippen molar-refractivity contribution in [2.24, 2.45) is 11.7 Å². The Morgan fingerprint density at radius 2 is 2.15 bits per heavy atom. The van der Waals surface area contributed by atoms with Gasteiger partial charge in [-0.3, -0.25) is 4.90 Å². The van der Waals surface area contributed by atoms with Gasteiger partial charge in [0, 0.05) is 36.2 Å². The monoisotopic (exact) mass is 359 g/mol. The second-order valence-electron chi connectivity index (χ2n) is 5.89. The number of hydrogen-bond acceptors (Lipinski definition) is 3. The van der Waals surface area contributed by atoms with Gasteiger partial charge in [-0.1, -0.05) is 24.6 Å². The second kappa shape index (κ2) is 6.75. The molecule has 1 aromatic carbocycles. The van der Waals surface area contributed by atoms with Crippen molar-refractivity contribution in [3.63, 3.8) is 0 Å². The van der Waals surface area contributed by atoms with Crippen molar-refractivity contribution in [1.29, 1.82) is 0 Å². The largest absolute Gasteiger partial charge is 0.329 e. The minimum Gasteiger partial charge on any atom is -0.329 e. The Hall–Kier alpha value is -0.130. The van der Waals surface area contributed by atoms with Crippen molar-refractivity contribution in [3.05, 3.63) is 33.3 Å². The van der Waals surface area contributed by atoms with E-state index in [1.807, 2.05) is 6.07 Å². The van der Waals surface area contributed by atoms with Crippen LogP contribution < -0.4 is 5.73 Å². The maximum atomic E-state index is 6.08. The van der Waals surface area contributed by atoms with E-state index in [0.717, 1.165) is 22.6 Å². The SMILES string of the molecule is CC1CN(C(CN)c2ccc(Cl)c(Br)c2)CC1N(C)C. The van der Waals surface area contributed by atoms with E-state index in [-0.39, 0.29) is 6.04 Å². The molecule has 0 amide bonds. The summed E-state index contributed by atoms with van der Waals surface area (Å²) in [6, 6.07) is 6.97. The third-order valence-corrected chi connectivity index (χ3v) is 5.47. The van der Waals surface area contributed by atoms with Gasteiger partial charge in [-0.15, -0.1) is 0 Å². The Balaban J connectivity index is 2.18. The van der Waals surface area contributed by atoms with Gasteiger partial charge in [-0.2, -0.15) is 0 Å². The number of hydrogen-bond donors (Lipinski definition) is 1. The first-order valence-corrected chi connectivity index (χ1v) is 8.16. The third-order valence-electron chi connectivity index (χ3n) is 4.26. The Bertz CT molecular complexity index is 466. The number of likely N-dealkylation sites (N-methyl/N-ethyl adjacent to an activating group) is 1. The highest BCUT2D eigenvalue weighted by Gasteiger charge is 2.34. The molecule has 3 nitrogen and oxygen atoms in total. The molecule has 1 saturated heterocycles. The summed E-state index contributed by atoms with van der Waals surface area (Å²) in [4.78, 5) is 4.81. The van der Waals surface area contributed by atoms with Crippen LogP contribution in [0.4, 0.5) is 0 Å². The van der Waals surface area contributed by atoms with E-state index in [4.69, 9.17) is 17.3 Å². The first-order valence-electron chi connectivity index (χ1n) is 6.99. The molecule has 0 spiro atoms. The molecule has 0 saturated carbocycles. The topological polar surface area (TPSA) is 32.5 Å². The van der Waals surface area contributed by atoms with Crippen molar-refractivity contribution in [3.8, 4) is 0 Å². The number of likely N-dealkylation sites (tertiary alicyclic amines) is 1. The Morgan fingerprint density at radius 3 is 2.65 bits per heavy atom. The molecule has 1 fully saturated rings. The average Bonchev–Trinajstić information content (AvgIpc) is 2.77. The van der Waals surface area contributed by atoms with Crippen LogP contribution in [-0.4, -0.2) is 49.6 Å². The lowest BCUT2D eigenvalue weighted by molar-refractivity contribution is 0.219. The van der Waals surface area contributed by atoms with E-state index in [9.17, 15) is 0 Å². The van der Waals surface area contributed by atoms with Crippen molar-refractivity contribution < 1.29 is 0 Å². The summed E-state index contributed by atoms with van der Waals surface area (Å²) in [5.41, 5.74) is 7.27. The summed E-state index contributed by atoms with van der Waals surface area (Å²) < 4.78 is 0.937. The summed E-state index contributed by atoms with van der Waals surface area (Å²) in [5.74, 6) is 0.662. The number of halogens is 2. The zero-order valence-corrected chi connectivity index (χ0v) is 14.7. The van der Waals surface area contributed by atoms with Crippen molar-refractivity contribution in [1.82, 2.24) is 9.80 Å². The van der Waals surface area contributed by atoms with Crippen LogP contribution in [0.15, 0.2) is 22.7 Å². The van der Waals surface area contributed by atoms with Gasteiger partial charge < -0.3 is 10.6 Å². The smallest absolute Gasteiger partial charge is 0.0548 e. The standard InChI is InChI=1S/C15H23BrClN3/c1-10-8-20(9-15(10)19(2)3)14(7-18)11-4-5-13(17)12(16)6-11/h4-6,10,14-15H,7-9,18H2,1-3H3. The van der Waals surface area contributed by atoms with E-state index in [1.165, 1.54) is 5.56 Å². The lowest BCUT2D eigenvalue weighted by Crippen LogP contribution is -2.36. The zero-order valence-electron chi connectivity index (χ0n) is 12.3. The van der Waals surface area contributed by atoms with E-state index in [0.29, 0.717) is 18.5 Å². The van der Waals surface area contributed by atoms with Crippen LogP contribution in [0.2, 0.25) is 5.02 Å². The second-order valence-corrected chi connectivity index (χ2v) is 7.15. The van der Waals surface area contributed by atoms with Crippen LogP contribution in [0.1, 0.15) is 18.5 Å². The molecule has 0 aliphatic carbocycles. The predicted octanol–water partition coefficient (Wildman–Crippen LogP) is 2.98. The van der Waals surface area contributed by atoms with Crippen LogP contribution in [0.25, 0.3) is 0 Å². The maximum absolute atomic E-state index is 6.08. The van der Waals surface area contributed by atoms with E-state index in [2.05, 4.69) is 58.9 Å². The first kappa shape index (κ1) is 16.2. The van der Waals surface area contributed by atoms with Gasteiger partial charge in [0.1, 0.15) is 0 Å². The van der Waals surface area contributed by atoms with Crippen LogP contribution in [0.5, 0.6) is 0 Å². The van der Waals surface area contributed by atoms with Gasteiger partial charge in [0.2, 0.25) is 0 Å². The zero-order chi connectivity index (χ0) is 14.9. The Labute approximate surface area is 135 Å². The van der Waals surface area contributed by atoms with Gasteiger partial charge in [0.05, 0.1) is 5.02 Å². The highest BCUT2D eigenvalue weighted by Crippen LogP contribution is 2.32. The van der Waals surface area contributed by atoms with Gasteiger partial charge in [0.15, 0.2) is 0 Å². The Morgan fingerprint density at radius 1 is 1.45 bits per heavy atom. The highest BCUT2D eigenvalue weighted by molar-refractivity contribution is 9.10. The quantitative estimate of drug-likeness (QED) is 0.896. The fourth-order valence-electron chi connectivity index (χ4n) is 3.13. The summed E-state index contributed by atoms with van der Waals surface area (Å²) >= 11 is 9.58. The Kier molecular flexibility index (Phi) is 5.49. The number of nitrogens with two attached hydrogens (primary N) is 1. The molecule has 3 unspecified atom stereocenters. The van der Waals surface area contributed by atoms with E-state index in [1.54, 1.807) is 0 Å². The van der Waals surface area contributed by atoms with Crippen LogP contribution in [0.3, 0.4) is 0 Å². The summed E-state index contributed by atoms with van der Waals surface area (Å²) in [5, 5.41) is 0.741. The van der Waals surface area contributed by atoms with Crippen molar-refractivity contribution in [2.75, 3.05) is 33.7 Å². The molecule has 3 atom stereocenters. The number of nitrogens with zero attached hydrogens (tertiary/aromatic N) is 2. The fraction of sp³-hybridized carbons (Fsp3) is 0.600. The molecule has 1 aromatic rings. The molecule has 1 heterocycles. The molecule has 0 bridgehead atoms. The van der Waals surface area contributed by atoms with Gasteiger partial charge in [0.25, 0.3) is 0 Å². The molecule has 1 aliphatic rings. The average molecular weight is 361 g/mol. The molecule has 0 aromatic heterocycles. The molecular formula is C15H23BrClN3. The molecule has 0 radical (unpaired) electrons. The van der Waals surface area contributed by atoms with Crippen molar-refractivity contribution in [2.45, 2.75) is 19.0 Å². The lowest BCUT2D eigenvalue weighted by Gasteiger charge is -2.28. The molecule has 20 heavy (non-hydrogen) atoms. The first-order chi connectivity index (χ1) is 9.43. The summed E-state index contributed by atoms with van der Waals surface area (Å²) in [6.07, 6.45) is 0. The van der Waals surface area contributed by atoms with Crippen LogP contribution in [0, 0.1) is 5.92 Å². The van der Waals surface area contributed by atoms with Gasteiger partial charge in [-0.25, -0.2) is 0 Å². The van der Waals surface area contributed by atoms with E-state index >= 15 is 0 Å². The third kappa shape index (κ3) is 3.37. The summed E-state index contributed by atoms with van der Waals surface area (Å²) in [6.45, 7) is 5.10. The minimum atomic E-state index is 0.260. The highest BCUT2D eigenvalue weighted by atomic mass is 79.9. The lowest BCUT2D eigenvalue weighted by atomic mass is 10.1. The van der Waals surface area contributed by atoms with E-state index < -0.39 is 0 Å². The van der Waals surface area contributed by atoms with Crippen LogP contribution in [-0.2, 0) is 0 Å². The summed E-state index contributed by atoms with van der Waals surface area (Å²) in [7, 11) is 4.31. The van der Waals surface area contributed by atoms with Gasteiger partial charge in [-0.05, 0) is 53.6 Å². The molecule has 112 valence electrons. The number of rotatable bonds is 4. The molecule has 5 heteroatoms. The van der Waals surface area contributed by atoms with Crippen LogP contribution >= 0.6 is 27.5 Å². The molecular weight excluding hydrogens is 338 g/mol. The maximum Gasteiger partial charge on any atom is 0.0548 e. The molecule has 1 aliphatic heterocycles. The van der Waals surface area contributed by atoms with Gasteiger partial charge >= 0.3 is 0 Å². The molecule has 2 N–H and O–H groups in total. The normalized spacial score (nSPS) is 25.4. The predicted molar refractivity (Wildman–Crippen MR) is 89.2 cm³/mol.